The predicted molar refractivity (Wildman–Crippen MR) is 69.3 cm³/mol. The van der Waals surface area contributed by atoms with Crippen molar-refractivity contribution in [1.29, 1.82) is 0 Å². The molecule has 2 aliphatic rings. The van der Waals surface area contributed by atoms with Crippen molar-refractivity contribution in [3.63, 3.8) is 0 Å². The number of rotatable bonds is 1. The van der Waals surface area contributed by atoms with Crippen molar-refractivity contribution in [3.8, 4) is 0 Å². The van der Waals surface area contributed by atoms with Gasteiger partial charge >= 0.3 is 0 Å². The van der Waals surface area contributed by atoms with Crippen LogP contribution in [0.2, 0.25) is 0 Å². The van der Waals surface area contributed by atoms with Crippen molar-refractivity contribution >= 4 is 23.9 Å². The fraction of sp³-hybridized carbons (Fsp3) is 0.417. The number of nitrogens with two attached hydrogens (primary N) is 1. The van der Waals surface area contributed by atoms with E-state index < -0.39 is 0 Å². The van der Waals surface area contributed by atoms with Crippen LogP contribution in [0, 0.1) is 5.92 Å². The molecule has 1 aromatic carbocycles. The van der Waals surface area contributed by atoms with Crippen molar-refractivity contribution in [1.82, 2.24) is 0 Å². The smallest absolute Gasteiger partial charge is 0.130 e. The van der Waals surface area contributed by atoms with Crippen LogP contribution in [0.1, 0.15) is 18.4 Å². The number of aliphatic imine (C=N–C) groups is 1. The van der Waals surface area contributed by atoms with Crippen LogP contribution in [0.4, 0.5) is 5.69 Å². The average molecular weight is 238 g/mol. The van der Waals surface area contributed by atoms with Gasteiger partial charge in [0.2, 0.25) is 0 Å². The highest BCUT2D eigenvalue weighted by molar-refractivity contribution is 6.04. The van der Waals surface area contributed by atoms with E-state index in [2.05, 4.69) is 29.1 Å². The summed E-state index contributed by atoms with van der Waals surface area (Å²) in [4.78, 5) is 6.84. The van der Waals surface area contributed by atoms with Crippen LogP contribution in [-0.2, 0) is 0 Å². The second-order valence-electron chi connectivity index (χ2n) is 4.39. The summed E-state index contributed by atoms with van der Waals surface area (Å²) in [6.07, 6.45) is 2.84. The maximum atomic E-state index is 5.99. The standard InChI is InChI=1S/C12H15N3.ClH/c1-15-10-5-3-2-4-9(10)11(13)14-12(15)8-6-7-8;/h2-5,8,12H,6-7H2,1H3,(H2,13,14);1H. The molecule has 2 N–H and O–H groups in total. The van der Waals surface area contributed by atoms with E-state index in [1.807, 2.05) is 12.1 Å². The summed E-state index contributed by atoms with van der Waals surface area (Å²) in [7, 11) is 2.11. The molecule has 86 valence electrons. The minimum Gasteiger partial charge on any atom is -0.383 e. The second-order valence-corrected chi connectivity index (χ2v) is 4.39. The lowest BCUT2D eigenvalue weighted by atomic mass is 10.1. The first kappa shape index (κ1) is 11.3. The maximum Gasteiger partial charge on any atom is 0.130 e. The lowest BCUT2D eigenvalue weighted by Gasteiger charge is -2.33. The molecule has 1 heterocycles. The van der Waals surface area contributed by atoms with Gasteiger partial charge in [-0.05, 0) is 30.9 Å². The van der Waals surface area contributed by atoms with Gasteiger partial charge in [-0.3, -0.25) is 0 Å². The van der Waals surface area contributed by atoms with Crippen LogP contribution in [0.5, 0.6) is 0 Å². The molecule has 1 fully saturated rings. The van der Waals surface area contributed by atoms with E-state index in [1.165, 1.54) is 18.5 Å². The maximum absolute atomic E-state index is 5.99. The minimum atomic E-state index is 0. The van der Waals surface area contributed by atoms with Crippen molar-refractivity contribution in [3.05, 3.63) is 29.8 Å². The molecule has 0 amide bonds. The van der Waals surface area contributed by atoms with Gasteiger partial charge in [0, 0.05) is 18.3 Å². The van der Waals surface area contributed by atoms with Gasteiger partial charge in [0.05, 0.1) is 0 Å². The molecule has 0 bridgehead atoms. The SMILES string of the molecule is CN1c2ccccc2C(N)=NC1C1CC1.Cl. The molecule has 4 heteroatoms. The van der Waals surface area contributed by atoms with Gasteiger partial charge < -0.3 is 10.6 Å². The van der Waals surface area contributed by atoms with Crippen LogP contribution < -0.4 is 10.6 Å². The van der Waals surface area contributed by atoms with Crippen molar-refractivity contribution in [2.45, 2.75) is 19.0 Å². The molecule has 1 atom stereocenters. The first-order valence-electron chi connectivity index (χ1n) is 5.43. The van der Waals surface area contributed by atoms with Crippen LogP contribution in [-0.4, -0.2) is 19.0 Å². The Labute approximate surface area is 102 Å². The first-order chi connectivity index (χ1) is 7.27. The zero-order valence-corrected chi connectivity index (χ0v) is 10.1. The molecule has 1 aromatic rings. The Hall–Kier alpha value is -1.22. The number of hydrogen-bond donors (Lipinski definition) is 1. The van der Waals surface area contributed by atoms with Crippen LogP contribution in [0.25, 0.3) is 0 Å². The summed E-state index contributed by atoms with van der Waals surface area (Å²) in [6, 6.07) is 8.21. The third kappa shape index (κ3) is 1.65. The Morgan fingerprint density at radius 1 is 1.31 bits per heavy atom. The van der Waals surface area contributed by atoms with Gasteiger partial charge in [0.1, 0.15) is 12.0 Å². The van der Waals surface area contributed by atoms with E-state index in [4.69, 9.17) is 5.73 Å². The van der Waals surface area contributed by atoms with Crippen LogP contribution in [0.15, 0.2) is 29.3 Å². The molecule has 0 radical (unpaired) electrons. The molecule has 3 rings (SSSR count). The highest BCUT2D eigenvalue weighted by Crippen LogP contribution is 2.39. The molecule has 1 aliphatic carbocycles. The van der Waals surface area contributed by atoms with E-state index in [0.717, 1.165) is 5.56 Å². The quantitative estimate of drug-likeness (QED) is 0.812. The summed E-state index contributed by atoms with van der Waals surface area (Å²) < 4.78 is 0. The van der Waals surface area contributed by atoms with Gasteiger partial charge in [-0.2, -0.15) is 0 Å². The van der Waals surface area contributed by atoms with E-state index >= 15 is 0 Å². The fourth-order valence-corrected chi connectivity index (χ4v) is 2.25. The Morgan fingerprint density at radius 3 is 2.69 bits per heavy atom. The van der Waals surface area contributed by atoms with E-state index in [9.17, 15) is 0 Å². The Kier molecular flexibility index (Phi) is 2.80. The number of para-hydroxylation sites is 1. The number of benzene rings is 1. The molecule has 16 heavy (non-hydrogen) atoms. The van der Waals surface area contributed by atoms with Crippen molar-refractivity contribution < 1.29 is 0 Å². The molecule has 1 unspecified atom stereocenters. The molecular weight excluding hydrogens is 222 g/mol. The average Bonchev–Trinajstić information content (AvgIpc) is 3.07. The van der Waals surface area contributed by atoms with Crippen LogP contribution in [0.3, 0.4) is 0 Å². The van der Waals surface area contributed by atoms with Gasteiger partial charge in [0.25, 0.3) is 0 Å². The Morgan fingerprint density at radius 2 is 2.00 bits per heavy atom. The predicted octanol–water partition coefficient (Wildman–Crippen LogP) is 2.00. The molecule has 1 aliphatic heterocycles. The molecular formula is C12H16ClN3. The lowest BCUT2D eigenvalue weighted by Crippen LogP contribution is -2.39. The van der Waals surface area contributed by atoms with Gasteiger partial charge in [0.15, 0.2) is 0 Å². The monoisotopic (exact) mass is 237 g/mol. The van der Waals surface area contributed by atoms with E-state index in [-0.39, 0.29) is 18.6 Å². The fourth-order valence-electron chi connectivity index (χ4n) is 2.25. The van der Waals surface area contributed by atoms with E-state index in [1.54, 1.807) is 0 Å². The van der Waals surface area contributed by atoms with E-state index in [0.29, 0.717) is 11.8 Å². The van der Waals surface area contributed by atoms with Crippen LogP contribution >= 0.6 is 12.4 Å². The summed E-state index contributed by atoms with van der Waals surface area (Å²) in [5, 5.41) is 0. The van der Waals surface area contributed by atoms with Crippen molar-refractivity contribution in [2.75, 3.05) is 11.9 Å². The number of fused-ring (bicyclic) bond motifs is 1. The zero-order chi connectivity index (χ0) is 10.4. The van der Waals surface area contributed by atoms with Gasteiger partial charge in [-0.25, -0.2) is 4.99 Å². The van der Waals surface area contributed by atoms with Gasteiger partial charge in [-0.15, -0.1) is 12.4 Å². The largest absolute Gasteiger partial charge is 0.383 e. The summed E-state index contributed by atoms with van der Waals surface area (Å²) in [5.74, 6) is 1.41. The number of nitrogens with zero attached hydrogens (tertiary/aromatic N) is 2. The molecule has 3 nitrogen and oxygen atoms in total. The topological polar surface area (TPSA) is 41.6 Å². The molecule has 0 saturated heterocycles. The molecule has 0 spiro atoms. The third-order valence-electron chi connectivity index (χ3n) is 3.27. The number of halogens is 1. The summed E-state index contributed by atoms with van der Waals surface area (Å²) in [5.41, 5.74) is 8.26. The first-order valence-corrected chi connectivity index (χ1v) is 5.43. The summed E-state index contributed by atoms with van der Waals surface area (Å²) in [6.45, 7) is 0. The second kappa shape index (κ2) is 3.98. The lowest BCUT2D eigenvalue weighted by molar-refractivity contribution is 0.579. The number of anilines is 1. The third-order valence-corrected chi connectivity index (χ3v) is 3.27. The summed E-state index contributed by atoms with van der Waals surface area (Å²) >= 11 is 0. The van der Waals surface area contributed by atoms with Gasteiger partial charge in [-0.1, -0.05) is 12.1 Å². The molecule has 0 aromatic heterocycles. The number of amidine groups is 1. The Balaban J connectivity index is 0.000000963. The zero-order valence-electron chi connectivity index (χ0n) is 9.26. The Bertz CT molecular complexity index is 426. The normalized spacial score (nSPS) is 23.2. The molecule has 1 saturated carbocycles. The number of hydrogen-bond acceptors (Lipinski definition) is 3. The minimum absolute atomic E-state index is 0. The highest BCUT2D eigenvalue weighted by atomic mass is 35.5. The van der Waals surface area contributed by atoms with Crippen molar-refractivity contribution in [2.24, 2.45) is 16.6 Å². The highest BCUT2D eigenvalue weighted by Gasteiger charge is 2.36.